The zero-order chi connectivity index (χ0) is 25.8. The number of hydrogen-bond acceptors (Lipinski definition) is 7. The second-order valence-electron chi connectivity index (χ2n) is 7.85. The third-order valence-corrected chi connectivity index (χ3v) is 6.70. The van der Waals surface area contributed by atoms with E-state index in [1.165, 1.54) is 16.8 Å². The minimum Gasteiger partial charge on any atom is -0.497 e. The third kappa shape index (κ3) is 5.52. The summed E-state index contributed by atoms with van der Waals surface area (Å²) in [6.07, 6.45) is 1.62. The van der Waals surface area contributed by atoms with Crippen LogP contribution < -0.4 is 14.2 Å². The van der Waals surface area contributed by atoms with Gasteiger partial charge in [-0.1, -0.05) is 41.9 Å². The number of carbonyl (C=O) groups excluding carboxylic acids is 1. The molecule has 3 aromatic rings. The quantitative estimate of drug-likeness (QED) is 0.305. The molecule has 0 bridgehead atoms. The van der Waals surface area contributed by atoms with Crippen molar-refractivity contribution in [2.45, 2.75) is 0 Å². The number of fused-ring (bicyclic) bond motifs is 1. The molecule has 2 aliphatic heterocycles. The number of methoxy groups -OCH3 is 1. The number of hydrogen-bond donors (Lipinski definition) is 1. The van der Waals surface area contributed by atoms with Gasteiger partial charge in [0.15, 0.2) is 5.84 Å². The summed E-state index contributed by atoms with van der Waals surface area (Å²) in [6.45, 7) is 0.750. The van der Waals surface area contributed by atoms with Crippen LogP contribution in [-0.4, -0.2) is 47.3 Å². The molecular weight excluding hydrogens is 512 g/mol. The van der Waals surface area contributed by atoms with Gasteiger partial charge < -0.3 is 14.2 Å². The Hall–Kier alpha value is -4.08. The maximum absolute atomic E-state index is 12.7. The van der Waals surface area contributed by atoms with E-state index in [4.69, 9.17) is 31.2 Å². The smallest absolute Gasteiger partial charge is 0.283 e. The zero-order valence-corrected chi connectivity index (χ0v) is 21.3. The Labute approximate surface area is 222 Å². The van der Waals surface area contributed by atoms with E-state index in [0.29, 0.717) is 34.2 Å². The number of halogens is 1. The molecule has 5 rings (SSSR count). The van der Waals surface area contributed by atoms with E-state index in [0.717, 1.165) is 22.6 Å². The number of rotatable bonds is 8. The number of thioether (sulfide) groups is 1. The number of nitrogens with one attached hydrogen (secondary N) is 1. The number of amides is 1. The van der Waals surface area contributed by atoms with Crippen LogP contribution in [0.4, 0.5) is 0 Å². The Morgan fingerprint density at radius 2 is 1.57 bits per heavy atom. The number of carbonyl (C=O) groups is 1. The van der Waals surface area contributed by atoms with Crippen molar-refractivity contribution in [3.05, 3.63) is 94.5 Å². The predicted octanol–water partition coefficient (Wildman–Crippen LogP) is 5.47. The molecule has 0 radical (unpaired) electrons. The average Bonchev–Trinajstić information content (AvgIpc) is 3.34. The van der Waals surface area contributed by atoms with E-state index >= 15 is 0 Å². The van der Waals surface area contributed by atoms with Crippen LogP contribution >= 0.6 is 23.4 Å². The molecule has 0 atom stereocenters. The monoisotopic (exact) mass is 532 g/mol. The molecule has 1 N–H and O–H groups in total. The molecule has 186 valence electrons. The first kappa shape index (κ1) is 24.6. The molecule has 37 heavy (non-hydrogen) atoms. The highest BCUT2D eigenvalue weighted by atomic mass is 35.5. The minimum atomic E-state index is -0.490. The van der Waals surface area contributed by atoms with Gasteiger partial charge in [0, 0.05) is 5.56 Å². The van der Waals surface area contributed by atoms with Gasteiger partial charge in [0.25, 0.3) is 5.91 Å². The van der Waals surface area contributed by atoms with Crippen LogP contribution in [0.25, 0.3) is 6.08 Å². The van der Waals surface area contributed by atoms with Crippen LogP contribution in [0, 0.1) is 5.41 Å². The van der Waals surface area contributed by atoms with Gasteiger partial charge in [-0.3, -0.25) is 10.2 Å². The van der Waals surface area contributed by atoms with E-state index in [2.05, 4.69) is 10.1 Å². The first-order chi connectivity index (χ1) is 18.0. The zero-order valence-electron chi connectivity index (χ0n) is 19.7. The Balaban J connectivity index is 1.21. The Morgan fingerprint density at radius 3 is 2.22 bits per heavy atom. The van der Waals surface area contributed by atoms with E-state index in [1.54, 1.807) is 31.4 Å². The van der Waals surface area contributed by atoms with Gasteiger partial charge in [-0.25, -0.2) is 0 Å². The van der Waals surface area contributed by atoms with Gasteiger partial charge in [0.1, 0.15) is 35.5 Å². The highest BCUT2D eigenvalue weighted by molar-refractivity contribution is 8.27. The van der Waals surface area contributed by atoms with Crippen LogP contribution in [-0.2, 0) is 4.79 Å². The largest absolute Gasteiger partial charge is 0.497 e. The summed E-state index contributed by atoms with van der Waals surface area (Å²) in [4.78, 5) is 16.8. The fourth-order valence-electron chi connectivity index (χ4n) is 3.55. The lowest BCUT2D eigenvalue weighted by Crippen LogP contribution is -2.35. The standard InChI is InChI=1S/C27H21ClN4O4S/c1-34-18-10-12-20(13-11-18)36-15-14-35-19-8-6-17(7-9-19)16-22-24(29)32-27(30-25(22)33)37-26(31-32)21-4-2-3-5-23(21)28/h2-13,16,29H,14-15H2,1H3. The Kier molecular flexibility index (Phi) is 7.25. The third-order valence-electron chi connectivity index (χ3n) is 5.43. The van der Waals surface area contributed by atoms with Crippen molar-refractivity contribution < 1.29 is 19.0 Å². The van der Waals surface area contributed by atoms with Gasteiger partial charge in [0.05, 0.1) is 17.7 Å². The van der Waals surface area contributed by atoms with Crippen molar-refractivity contribution >= 4 is 51.4 Å². The SMILES string of the molecule is COc1ccc(OCCOc2ccc(C=C3C(=N)N4N=C(c5ccccc5Cl)SC4=NC3=O)cc2)cc1. The van der Waals surface area contributed by atoms with Crippen molar-refractivity contribution in [1.29, 1.82) is 5.41 Å². The second kappa shape index (κ2) is 10.9. The van der Waals surface area contributed by atoms with Crippen LogP contribution in [0.2, 0.25) is 5.02 Å². The number of hydrazone groups is 1. The lowest BCUT2D eigenvalue weighted by Gasteiger charge is -2.20. The molecule has 0 saturated heterocycles. The van der Waals surface area contributed by atoms with Gasteiger partial charge >= 0.3 is 0 Å². The molecular formula is C27H21ClN4O4S. The lowest BCUT2D eigenvalue weighted by atomic mass is 10.1. The number of benzene rings is 3. The maximum Gasteiger partial charge on any atom is 0.283 e. The van der Waals surface area contributed by atoms with E-state index in [1.807, 2.05) is 54.6 Å². The Morgan fingerprint density at radius 1 is 0.946 bits per heavy atom. The van der Waals surface area contributed by atoms with E-state index in [9.17, 15) is 4.79 Å². The maximum atomic E-state index is 12.7. The Bertz CT molecular complexity index is 1440. The number of nitrogens with zero attached hydrogens (tertiary/aromatic N) is 3. The predicted molar refractivity (Wildman–Crippen MR) is 146 cm³/mol. The van der Waals surface area contributed by atoms with Crippen molar-refractivity contribution in [1.82, 2.24) is 5.01 Å². The fraction of sp³-hybridized carbons (Fsp3) is 0.111. The van der Waals surface area contributed by atoms with Gasteiger partial charge in [0.2, 0.25) is 5.17 Å². The summed E-state index contributed by atoms with van der Waals surface area (Å²) in [5.74, 6) is 1.63. The minimum absolute atomic E-state index is 0.0411. The van der Waals surface area contributed by atoms with Crippen molar-refractivity contribution in [3.63, 3.8) is 0 Å². The first-order valence-electron chi connectivity index (χ1n) is 11.3. The van der Waals surface area contributed by atoms with Crippen molar-refractivity contribution in [3.8, 4) is 17.2 Å². The van der Waals surface area contributed by atoms with Crippen LogP contribution in [0.5, 0.6) is 17.2 Å². The van der Waals surface area contributed by atoms with Crippen LogP contribution in [0.1, 0.15) is 11.1 Å². The summed E-state index contributed by atoms with van der Waals surface area (Å²) >= 11 is 7.50. The number of ether oxygens (including phenoxy) is 3. The molecule has 1 amide bonds. The molecule has 8 nitrogen and oxygen atoms in total. The average molecular weight is 533 g/mol. The first-order valence-corrected chi connectivity index (χ1v) is 12.5. The second-order valence-corrected chi connectivity index (χ2v) is 9.21. The molecule has 2 aliphatic rings. The molecule has 0 saturated carbocycles. The van der Waals surface area contributed by atoms with Gasteiger partial charge in [-0.2, -0.15) is 15.1 Å². The van der Waals surface area contributed by atoms with Crippen LogP contribution in [0.15, 0.2) is 88.5 Å². The van der Waals surface area contributed by atoms with E-state index in [-0.39, 0.29) is 11.4 Å². The summed E-state index contributed by atoms with van der Waals surface area (Å²) < 4.78 is 16.5. The van der Waals surface area contributed by atoms with Gasteiger partial charge in [-0.05, 0) is 65.9 Å². The van der Waals surface area contributed by atoms with Crippen molar-refractivity contribution in [2.24, 2.45) is 10.1 Å². The molecule has 0 aromatic heterocycles. The fourth-order valence-corrected chi connectivity index (χ4v) is 4.77. The highest BCUT2D eigenvalue weighted by Gasteiger charge is 2.36. The van der Waals surface area contributed by atoms with E-state index < -0.39 is 5.91 Å². The number of aliphatic imine (C=N–C) groups is 1. The molecule has 0 fully saturated rings. The molecule has 10 heteroatoms. The molecule has 0 aliphatic carbocycles. The summed E-state index contributed by atoms with van der Waals surface area (Å²) in [6, 6.07) is 21.8. The van der Waals surface area contributed by atoms with Crippen molar-refractivity contribution in [2.75, 3.05) is 20.3 Å². The molecule has 0 spiro atoms. The number of amidine groups is 2. The molecule has 2 heterocycles. The van der Waals surface area contributed by atoms with Crippen LogP contribution in [0.3, 0.4) is 0 Å². The topological polar surface area (TPSA) is 96.6 Å². The highest BCUT2D eigenvalue weighted by Crippen LogP contribution is 2.33. The summed E-state index contributed by atoms with van der Waals surface area (Å²) in [7, 11) is 1.62. The lowest BCUT2D eigenvalue weighted by molar-refractivity contribution is -0.114. The summed E-state index contributed by atoms with van der Waals surface area (Å²) in [5.41, 5.74) is 1.60. The molecule has 0 unspecified atom stereocenters. The summed E-state index contributed by atoms with van der Waals surface area (Å²) in [5, 5.41) is 15.9. The molecule has 3 aromatic carbocycles. The van der Waals surface area contributed by atoms with Gasteiger partial charge in [-0.15, -0.1) is 0 Å². The normalized spacial score (nSPS) is 15.8.